The van der Waals surface area contributed by atoms with Gasteiger partial charge >= 0.3 is 12.1 Å². The number of esters is 1. The summed E-state index contributed by atoms with van der Waals surface area (Å²) in [6.07, 6.45) is 5.90. The van der Waals surface area contributed by atoms with Gasteiger partial charge in [0.05, 0.1) is 29.1 Å². The Morgan fingerprint density at radius 3 is 2.93 bits per heavy atom. The smallest absolute Gasteiger partial charge is 0.413 e. The number of nitrogens with zero attached hydrogens (tertiary/aromatic N) is 5. The molecule has 1 fully saturated rings. The second-order valence-electron chi connectivity index (χ2n) is 10.1. The molecule has 3 unspecified atom stereocenters. The van der Waals surface area contributed by atoms with E-state index in [9.17, 15) is 19.5 Å². The fraction of sp³-hybridized carbons (Fsp3) is 0.519. The van der Waals surface area contributed by atoms with Gasteiger partial charge in [0.1, 0.15) is 12.4 Å². The maximum atomic E-state index is 13.3. The molecule has 3 aliphatic rings. The lowest BCUT2D eigenvalue weighted by Gasteiger charge is -2.40. The van der Waals surface area contributed by atoms with E-state index < -0.39 is 23.2 Å². The second-order valence-corrected chi connectivity index (χ2v) is 10.7. The number of alkyl halides is 1. The highest BCUT2D eigenvalue weighted by molar-refractivity contribution is 6.24. The summed E-state index contributed by atoms with van der Waals surface area (Å²) in [6.45, 7) is 4.44. The number of aromatic nitrogens is 3. The Kier molecular flexibility index (Phi) is 8.47. The van der Waals surface area contributed by atoms with Gasteiger partial charge in [-0.3, -0.25) is 19.5 Å². The van der Waals surface area contributed by atoms with Crippen LogP contribution in [-0.4, -0.2) is 99.2 Å². The first-order chi connectivity index (χ1) is 19.7. The molecule has 41 heavy (non-hydrogen) atoms. The van der Waals surface area contributed by atoms with Crippen molar-refractivity contribution in [2.45, 2.75) is 37.4 Å². The van der Waals surface area contributed by atoms with Crippen molar-refractivity contribution in [2.24, 2.45) is 5.92 Å². The molecule has 220 valence electrons. The molecule has 2 aliphatic heterocycles. The molecule has 0 saturated carbocycles. The van der Waals surface area contributed by atoms with Gasteiger partial charge in [0.15, 0.2) is 16.9 Å². The van der Waals surface area contributed by atoms with Crippen LogP contribution in [0.25, 0.3) is 10.9 Å². The van der Waals surface area contributed by atoms with Gasteiger partial charge in [0.25, 0.3) is 5.91 Å². The molecule has 2 aromatic heterocycles. The molecule has 0 spiro atoms. The summed E-state index contributed by atoms with van der Waals surface area (Å²) >= 11 is 6.50. The number of fused-ring (bicyclic) bond motifs is 1. The molecule has 13 nitrogen and oxygen atoms in total. The number of carbonyl (C=O) groups excluding carboxylic acids is 2. The zero-order valence-electron chi connectivity index (χ0n) is 22.9. The van der Waals surface area contributed by atoms with Gasteiger partial charge in [-0.2, -0.15) is 5.10 Å². The van der Waals surface area contributed by atoms with Crippen LogP contribution in [0, 0.1) is 5.92 Å². The van der Waals surface area contributed by atoms with Gasteiger partial charge in [0, 0.05) is 45.6 Å². The van der Waals surface area contributed by atoms with Gasteiger partial charge in [-0.25, -0.2) is 9.48 Å². The number of pyridine rings is 1. The Balaban J connectivity index is 1.33. The standard InChI is InChI=1S/C27H33ClN6O7/c1-3-40-25(36)17-5-4-11-32(15-17)12-10-30-24(35)23-18-14-29-9-7-19(18)34(31-23)22-16-41-21-6-8-27(28,39-2)13-20(21)33(22)26(37)38/h6-9,14,17,22H,3-5,10-13,15-16H2,1-2H3,(H,30,35)(H,37,38). The number of halogens is 1. The fourth-order valence-electron chi connectivity index (χ4n) is 5.49. The van der Waals surface area contributed by atoms with E-state index in [0.717, 1.165) is 24.3 Å². The minimum atomic E-state index is -1.22. The van der Waals surface area contributed by atoms with Crippen molar-refractivity contribution in [3.05, 3.63) is 47.8 Å². The average molecular weight is 589 g/mol. The van der Waals surface area contributed by atoms with E-state index >= 15 is 0 Å². The van der Waals surface area contributed by atoms with Gasteiger partial charge in [-0.1, -0.05) is 11.6 Å². The second kappa shape index (κ2) is 12.0. The summed E-state index contributed by atoms with van der Waals surface area (Å²) in [5.41, 5.74) is 0.977. The van der Waals surface area contributed by atoms with Crippen molar-refractivity contribution in [3.8, 4) is 0 Å². The van der Waals surface area contributed by atoms with Crippen LogP contribution in [0.4, 0.5) is 4.79 Å². The number of nitrogens with one attached hydrogen (secondary N) is 1. The van der Waals surface area contributed by atoms with Crippen LogP contribution in [0.3, 0.4) is 0 Å². The molecule has 4 heterocycles. The molecule has 2 amide bonds. The van der Waals surface area contributed by atoms with Crippen LogP contribution < -0.4 is 5.32 Å². The molecule has 1 aliphatic carbocycles. The van der Waals surface area contributed by atoms with E-state index in [1.807, 2.05) is 0 Å². The first-order valence-electron chi connectivity index (χ1n) is 13.6. The van der Waals surface area contributed by atoms with E-state index in [2.05, 4.69) is 20.3 Å². The number of likely N-dealkylation sites (tertiary alicyclic amines) is 1. The zero-order chi connectivity index (χ0) is 29.1. The lowest BCUT2D eigenvalue weighted by molar-refractivity contribution is -0.149. The number of hydrogen-bond acceptors (Lipinski definition) is 9. The number of carboxylic acid groups (broad SMARTS) is 1. The predicted molar refractivity (Wildman–Crippen MR) is 147 cm³/mol. The predicted octanol–water partition coefficient (Wildman–Crippen LogP) is 2.70. The number of carbonyl (C=O) groups is 3. The molecule has 5 rings (SSSR count). The van der Waals surface area contributed by atoms with Crippen molar-refractivity contribution in [3.63, 3.8) is 0 Å². The Morgan fingerprint density at radius 2 is 2.17 bits per heavy atom. The van der Waals surface area contributed by atoms with Crippen LogP contribution in [-0.2, 0) is 19.0 Å². The Bertz CT molecular complexity index is 1390. The molecule has 1 saturated heterocycles. The summed E-state index contributed by atoms with van der Waals surface area (Å²) in [6, 6.07) is 1.67. The van der Waals surface area contributed by atoms with E-state index in [1.54, 1.807) is 31.3 Å². The number of allylic oxidation sites excluding steroid dienone is 1. The molecule has 14 heteroatoms. The Labute approximate surface area is 241 Å². The minimum absolute atomic E-state index is 0.0332. The SMILES string of the molecule is CCOC(=O)C1CCCN(CCNC(=O)c2nn(C3COC4=C(CC(Cl)(OC)C=C4)N3C(=O)O)c3ccncc23)C1. The third-order valence-electron chi connectivity index (χ3n) is 7.54. The van der Waals surface area contributed by atoms with Gasteiger partial charge in [0.2, 0.25) is 0 Å². The molecular formula is C27H33ClN6O7. The van der Waals surface area contributed by atoms with Crippen LogP contribution in [0.2, 0.25) is 0 Å². The quantitative estimate of drug-likeness (QED) is 0.348. The van der Waals surface area contributed by atoms with E-state index in [-0.39, 0.29) is 30.6 Å². The summed E-state index contributed by atoms with van der Waals surface area (Å²) in [5.74, 6) is -0.378. The maximum Gasteiger partial charge on any atom is 0.413 e. The maximum absolute atomic E-state index is 13.3. The van der Waals surface area contributed by atoms with Crippen LogP contribution in [0.1, 0.15) is 42.8 Å². The average Bonchev–Trinajstić information content (AvgIpc) is 3.36. The number of hydrogen-bond donors (Lipinski definition) is 2. The lowest BCUT2D eigenvalue weighted by atomic mass is 9.98. The lowest BCUT2D eigenvalue weighted by Crippen LogP contribution is -2.45. The summed E-state index contributed by atoms with van der Waals surface area (Å²) in [4.78, 5) is 45.4. The van der Waals surface area contributed by atoms with Crippen LogP contribution in [0.5, 0.6) is 0 Å². The summed E-state index contributed by atoms with van der Waals surface area (Å²) in [5, 5.41) is 16.9. The summed E-state index contributed by atoms with van der Waals surface area (Å²) in [7, 11) is 1.44. The zero-order valence-corrected chi connectivity index (χ0v) is 23.7. The van der Waals surface area contributed by atoms with E-state index in [4.69, 9.17) is 25.8 Å². The molecule has 0 radical (unpaired) electrons. The molecule has 3 atom stereocenters. The van der Waals surface area contributed by atoms with Crippen molar-refractivity contribution < 1.29 is 33.7 Å². The molecule has 0 bridgehead atoms. The monoisotopic (exact) mass is 588 g/mol. The minimum Gasteiger partial charge on any atom is -0.488 e. The van der Waals surface area contributed by atoms with E-state index in [1.165, 1.54) is 18.0 Å². The number of piperidine rings is 1. The molecule has 2 N–H and O–H groups in total. The van der Waals surface area contributed by atoms with Gasteiger partial charge < -0.3 is 29.5 Å². The highest BCUT2D eigenvalue weighted by Crippen LogP contribution is 2.41. The third-order valence-corrected chi connectivity index (χ3v) is 7.96. The number of methoxy groups -OCH3 is 1. The number of amides is 2. The van der Waals surface area contributed by atoms with Crippen LogP contribution >= 0.6 is 11.6 Å². The van der Waals surface area contributed by atoms with Gasteiger partial charge in [-0.15, -0.1) is 0 Å². The topological polar surface area (TPSA) is 148 Å². The van der Waals surface area contributed by atoms with Gasteiger partial charge in [-0.05, 0) is 44.5 Å². The number of ether oxygens (including phenoxy) is 3. The first kappa shape index (κ1) is 28.8. The Hall–Kier alpha value is -3.68. The highest BCUT2D eigenvalue weighted by Gasteiger charge is 2.42. The first-order valence-corrected chi connectivity index (χ1v) is 13.9. The third kappa shape index (κ3) is 5.88. The van der Waals surface area contributed by atoms with Crippen molar-refractivity contribution in [1.29, 1.82) is 0 Å². The normalized spacial score (nSPS) is 24.6. The largest absolute Gasteiger partial charge is 0.488 e. The van der Waals surface area contributed by atoms with Crippen molar-refractivity contribution in [2.75, 3.05) is 46.5 Å². The van der Waals surface area contributed by atoms with Crippen molar-refractivity contribution in [1.82, 2.24) is 29.9 Å². The summed E-state index contributed by atoms with van der Waals surface area (Å²) < 4.78 is 17.9. The van der Waals surface area contributed by atoms with Crippen LogP contribution in [0.15, 0.2) is 42.1 Å². The Morgan fingerprint density at radius 1 is 1.34 bits per heavy atom. The molecule has 2 aromatic rings. The van der Waals surface area contributed by atoms with Crippen molar-refractivity contribution >= 4 is 40.5 Å². The van der Waals surface area contributed by atoms with E-state index in [0.29, 0.717) is 48.6 Å². The highest BCUT2D eigenvalue weighted by atomic mass is 35.5. The number of rotatable bonds is 8. The molecular weight excluding hydrogens is 556 g/mol. The molecule has 0 aromatic carbocycles. The fourth-order valence-corrected chi connectivity index (χ4v) is 5.68.